The summed E-state index contributed by atoms with van der Waals surface area (Å²) < 4.78 is 0. The Bertz CT molecular complexity index is 427. The van der Waals surface area contributed by atoms with E-state index < -0.39 is 0 Å². The van der Waals surface area contributed by atoms with Gasteiger partial charge in [-0.3, -0.25) is 0 Å². The lowest BCUT2D eigenvalue weighted by atomic mass is 10.2. The summed E-state index contributed by atoms with van der Waals surface area (Å²) in [5, 5.41) is 3.47. The van der Waals surface area contributed by atoms with Crippen molar-refractivity contribution in [3.8, 4) is 0 Å². The molecule has 0 aromatic carbocycles. The molecule has 4 nitrogen and oxygen atoms in total. The van der Waals surface area contributed by atoms with Crippen LogP contribution in [0.5, 0.6) is 0 Å². The molecule has 0 radical (unpaired) electrons. The molecule has 1 N–H and O–H groups in total. The first-order valence-corrected chi connectivity index (χ1v) is 8.31. The average molecular weight is 290 g/mol. The van der Waals surface area contributed by atoms with Gasteiger partial charge in [0.05, 0.1) is 0 Å². The molecule has 0 unspecified atom stereocenters. The highest BCUT2D eigenvalue weighted by Gasteiger charge is 2.12. The number of anilines is 1. The van der Waals surface area contributed by atoms with Gasteiger partial charge in [0.2, 0.25) is 0 Å². The van der Waals surface area contributed by atoms with Gasteiger partial charge in [-0.25, -0.2) is 4.98 Å². The van der Waals surface area contributed by atoms with E-state index in [1.54, 1.807) is 0 Å². The molecule has 1 fully saturated rings. The van der Waals surface area contributed by atoms with Gasteiger partial charge in [0.1, 0.15) is 5.82 Å². The number of nitrogens with one attached hydrogen (secondary N) is 1. The summed E-state index contributed by atoms with van der Waals surface area (Å²) in [6.45, 7) is 11.0. The van der Waals surface area contributed by atoms with Crippen LogP contribution in [0.2, 0.25) is 0 Å². The molecule has 2 rings (SSSR count). The summed E-state index contributed by atoms with van der Waals surface area (Å²) in [5.41, 5.74) is 2.44. The van der Waals surface area contributed by atoms with Gasteiger partial charge in [-0.15, -0.1) is 0 Å². The highest BCUT2D eigenvalue weighted by molar-refractivity contribution is 5.41. The Morgan fingerprint density at radius 2 is 2.05 bits per heavy atom. The zero-order chi connectivity index (χ0) is 15.1. The minimum Gasteiger partial charge on any atom is -0.358 e. The van der Waals surface area contributed by atoms with Crippen LogP contribution in [0, 0.1) is 6.92 Å². The Hall–Kier alpha value is -1.13. The topological polar surface area (TPSA) is 31.4 Å². The predicted molar refractivity (Wildman–Crippen MR) is 89.9 cm³/mol. The molecule has 1 aliphatic heterocycles. The highest BCUT2D eigenvalue weighted by Crippen LogP contribution is 2.14. The van der Waals surface area contributed by atoms with Gasteiger partial charge in [0.15, 0.2) is 0 Å². The van der Waals surface area contributed by atoms with E-state index in [-0.39, 0.29) is 0 Å². The number of pyridine rings is 1. The molecule has 0 amide bonds. The predicted octanol–water partition coefficient (Wildman–Crippen LogP) is 2.42. The third-order valence-electron chi connectivity index (χ3n) is 4.10. The fourth-order valence-corrected chi connectivity index (χ4v) is 2.84. The van der Waals surface area contributed by atoms with Crippen molar-refractivity contribution in [3.63, 3.8) is 0 Å². The second kappa shape index (κ2) is 8.35. The summed E-state index contributed by atoms with van der Waals surface area (Å²) in [7, 11) is 2.15. The van der Waals surface area contributed by atoms with E-state index in [1.807, 2.05) is 0 Å². The first kappa shape index (κ1) is 16.2. The Morgan fingerprint density at radius 1 is 1.29 bits per heavy atom. The molecular weight excluding hydrogens is 260 g/mol. The molecule has 0 atom stereocenters. The fourth-order valence-electron chi connectivity index (χ4n) is 2.84. The van der Waals surface area contributed by atoms with E-state index in [0.29, 0.717) is 0 Å². The van der Waals surface area contributed by atoms with Gasteiger partial charge in [0.25, 0.3) is 0 Å². The van der Waals surface area contributed by atoms with Gasteiger partial charge in [-0.2, -0.15) is 0 Å². The maximum Gasteiger partial charge on any atom is 0.128 e. The number of aryl methyl sites for hydroxylation is 1. The molecule has 2 heterocycles. The zero-order valence-electron chi connectivity index (χ0n) is 13.9. The van der Waals surface area contributed by atoms with Gasteiger partial charge in [-0.05, 0) is 63.5 Å². The van der Waals surface area contributed by atoms with Gasteiger partial charge in [-0.1, -0.05) is 6.92 Å². The molecule has 1 aromatic heterocycles. The lowest BCUT2D eigenvalue weighted by Crippen LogP contribution is -2.32. The lowest BCUT2D eigenvalue weighted by molar-refractivity contribution is 0.346. The molecule has 0 bridgehead atoms. The van der Waals surface area contributed by atoms with Gasteiger partial charge < -0.3 is 15.1 Å². The second-order valence-corrected chi connectivity index (χ2v) is 6.12. The van der Waals surface area contributed by atoms with Crippen LogP contribution >= 0.6 is 0 Å². The molecule has 0 aliphatic carbocycles. The average Bonchev–Trinajstić information content (AvgIpc) is 2.98. The van der Waals surface area contributed by atoms with Crippen LogP contribution in [-0.4, -0.2) is 49.7 Å². The van der Waals surface area contributed by atoms with Crippen molar-refractivity contribution in [2.45, 2.75) is 39.7 Å². The quantitative estimate of drug-likeness (QED) is 0.745. The van der Waals surface area contributed by atoms with E-state index in [9.17, 15) is 0 Å². The highest BCUT2D eigenvalue weighted by atomic mass is 15.2. The van der Waals surface area contributed by atoms with Crippen molar-refractivity contribution in [2.75, 3.05) is 44.7 Å². The van der Waals surface area contributed by atoms with Crippen LogP contribution in [0.4, 0.5) is 5.82 Å². The molecule has 0 spiro atoms. The minimum absolute atomic E-state index is 0.935. The normalized spacial score (nSPS) is 15.6. The largest absolute Gasteiger partial charge is 0.358 e. The van der Waals surface area contributed by atoms with Crippen molar-refractivity contribution in [2.24, 2.45) is 0 Å². The van der Waals surface area contributed by atoms with Crippen molar-refractivity contribution < 1.29 is 0 Å². The zero-order valence-corrected chi connectivity index (χ0v) is 13.9. The van der Waals surface area contributed by atoms with Crippen molar-refractivity contribution in [1.82, 2.24) is 15.2 Å². The van der Waals surface area contributed by atoms with Crippen molar-refractivity contribution in [1.29, 1.82) is 0 Å². The van der Waals surface area contributed by atoms with Crippen LogP contribution in [0.15, 0.2) is 12.1 Å². The maximum atomic E-state index is 4.69. The monoisotopic (exact) mass is 290 g/mol. The number of hydrogen-bond acceptors (Lipinski definition) is 4. The number of rotatable bonds is 8. The van der Waals surface area contributed by atoms with Crippen molar-refractivity contribution >= 4 is 5.82 Å². The third kappa shape index (κ3) is 5.29. The Balaban J connectivity index is 1.90. The van der Waals surface area contributed by atoms with Crippen LogP contribution in [-0.2, 0) is 6.54 Å². The van der Waals surface area contributed by atoms with Crippen LogP contribution in [0.1, 0.15) is 37.4 Å². The fraction of sp³-hybridized carbons (Fsp3) is 0.706. The van der Waals surface area contributed by atoms with Gasteiger partial charge >= 0.3 is 0 Å². The van der Waals surface area contributed by atoms with Gasteiger partial charge in [0, 0.05) is 32.4 Å². The molecule has 118 valence electrons. The molecule has 0 saturated carbocycles. The Labute approximate surface area is 129 Å². The smallest absolute Gasteiger partial charge is 0.128 e. The Morgan fingerprint density at radius 3 is 2.76 bits per heavy atom. The maximum absolute atomic E-state index is 4.69. The van der Waals surface area contributed by atoms with E-state index in [2.05, 4.69) is 53.1 Å². The number of likely N-dealkylation sites (tertiary alicyclic amines) is 1. The second-order valence-electron chi connectivity index (χ2n) is 6.12. The summed E-state index contributed by atoms with van der Waals surface area (Å²) in [6, 6.07) is 4.40. The van der Waals surface area contributed by atoms with E-state index >= 15 is 0 Å². The number of nitrogens with zero attached hydrogens (tertiary/aromatic N) is 3. The summed E-state index contributed by atoms with van der Waals surface area (Å²) >= 11 is 0. The summed E-state index contributed by atoms with van der Waals surface area (Å²) in [5.74, 6) is 1.10. The number of hydrogen-bond donors (Lipinski definition) is 1. The van der Waals surface area contributed by atoms with Crippen LogP contribution in [0.3, 0.4) is 0 Å². The SMILES string of the molecule is CCCNCc1cc(C)nc(N(C)CCN2CCCC2)c1. The molecule has 1 saturated heterocycles. The molecule has 21 heavy (non-hydrogen) atoms. The minimum atomic E-state index is 0.935. The summed E-state index contributed by atoms with van der Waals surface area (Å²) in [6.07, 6.45) is 3.89. The molecule has 1 aromatic rings. The van der Waals surface area contributed by atoms with E-state index in [4.69, 9.17) is 0 Å². The van der Waals surface area contributed by atoms with Crippen molar-refractivity contribution in [3.05, 3.63) is 23.4 Å². The lowest BCUT2D eigenvalue weighted by Gasteiger charge is -2.23. The molecule has 1 aliphatic rings. The number of likely N-dealkylation sites (N-methyl/N-ethyl adjacent to an activating group) is 1. The molecule has 4 heteroatoms. The summed E-state index contributed by atoms with van der Waals surface area (Å²) in [4.78, 5) is 9.52. The standard InChI is InChI=1S/C17H30N4/c1-4-7-18-14-16-12-15(2)19-17(13-16)20(3)10-11-21-8-5-6-9-21/h12-13,18H,4-11,14H2,1-3H3. The van der Waals surface area contributed by atoms with Crippen LogP contribution in [0.25, 0.3) is 0 Å². The number of aromatic nitrogens is 1. The first-order valence-electron chi connectivity index (χ1n) is 8.31. The van der Waals surface area contributed by atoms with E-state index in [1.165, 1.54) is 37.9 Å². The Kier molecular flexibility index (Phi) is 6.46. The van der Waals surface area contributed by atoms with Crippen LogP contribution < -0.4 is 10.2 Å². The van der Waals surface area contributed by atoms with E-state index in [0.717, 1.165) is 37.7 Å². The first-order chi connectivity index (χ1) is 10.2. The molecular formula is C17H30N4. The third-order valence-corrected chi connectivity index (χ3v) is 4.10.